The van der Waals surface area contributed by atoms with Crippen molar-refractivity contribution < 1.29 is 28.6 Å². The number of carbonyl (C=O) groups is 3. The zero-order valence-corrected chi connectivity index (χ0v) is 49.7. The van der Waals surface area contributed by atoms with Crippen LogP contribution in [0.3, 0.4) is 0 Å². The fraction of sp³-hybridized carbons (Fsp3) is 0.620. The van der Waals surface area contributed by atoms with Crippen LogP contribution in [0.5, 0.6) is 0 Å². The van der Waals surface area contributed by atoms with Gasteiger partial charge in [-0.25, -0.2) is 0 Å². The van der Waals surface area contributed by atoms with Crippen molar-refractivity contribution in [3.63, 3.8) is 0 Å². The van der Waals surface area contributed by atoms with Crippen LogP contribution in [0.15, 0.2) is 146 Å². The summed E-state index contributed by atoms with van der Waals surface area (Å²) in [7, 11) is 0. The maximum Gasteiger partial charge on any atom is 0.306 e. The summed E-state index contributed by atoms with van der Waals surface area (Å²) in [5.41, 5.74) is 0. The predicted molar refractivity (Wildman–Crippen MR) is 334 cm³/mol. The first kappa shape index (κ1) is 72.3. The van der Waals surface area contributed by atoms with Crippen LogP contribution in [-0.2, 0) is 28.6 Å². The Kier molecular flexibility index (Phi) is 59.9. The molecule has 0 aliphatic heterocycles. The maximum atomic E-state index is 12.9. The minimum atomic E-state index is -0.808. The summed E-state index contributed by atoms with van der Waals surface area (Å²) in [6, 6.07) is 0. The van der Waals surface area contributed by atoms with E-state index in [1.807, 2.05) is 0 Å². The molecule has 77 heavy (non-hydrogen) atoms. The topological polar surface area (TPSA) is 78.9 Å². The van der Waals surface area contributed by atoms with Crippen LogP contribution in [0.1, 0.15) is 265 Å². The van der Waals surface area contributed by atoms with Gasteiger partial charge in [-0.15, -0.1) is 0 Å². The van der Waals surface area contributed by atoms with Gasteiger partial charge in [-0.1, -0.05) is 250 Å². The zero-order chi connectivity index (χ0) is 55.7. The van der Waals surface area contributed by atoms with E-state index in [-0.39, 0.29) is 31.1 Å². The quantitative estimate of drug-likeness (QED) is 0.0261. The number of hydrogen-bond donors (Lipinski definition) is 0. The molecule has 0 saturated carbocycles. The molecule has 0 saturated heterocycles. The van der Waals surface area contributed by atoms with E-state index in [2.05, 4.69) is 167 Å². The van der Waals surface area contributed by atoms with E-state index in [0.717, 1.165) is 154 Å². The van der Waals surface area contributed by atoms with Crippen molar-refractivity contribution in [3.05, 3.63) is 146 Å². The fourth-order valence-corrected chi connectivity index (χ4v) is 8.17. The lowest BCUT2D eigenvalue weighted by atomic mass is 10.1. The Bertz CT molecular complexity index is 1700. The fourth-order valence-electron chi connectivity index (χ4n) is 8.17. The average molecular weight is 1060 g/mol. The van der Waals surface area contributed by atoms with E-state index in [4.69, 9.17) is 14.2 Å². The second-order valence-electron chi connectivity index (χ2n) is 20.2. The van der Waals surface area contributed by atoms with Gasteiger partial charge in [0.1, 0.15) is 13.2 Å². The lowest BCUT2D eigenvalue weighted by Gasteiger charge is -2.18. The van der Waals surface area contributed by atoms with E-state index in [1.165, 1.54) is 70.6 Å². The molecule has 0 aliphatic carbocycles. The molecule has 0 aromatic heterocycles. The molecule has 1 atom stereocenters. The van der Waals surface area contributed by atoms with Gasteiger partial charge in [0.2, 0.25) is 0 Å². The molecule has 0 fully saturated rings. The van der Waals surface area contributed by atoms with Crippen molar-refractivity contribution in [3.8, 4) is 0 Å². The molecule has 0 aliphatic rings. The predicted octanol–water partition coefficient (Wildman–Crippen LogP) is 21.5. The standard InChI is InChI=1S/C71H114O6/c1-4-7-10-13-16-19-22-25-27-29-31-32-33-34-35-36-37-38-40-41-43-46-49-52-55-58-61-64-70(73)76-67-68(66-75-69(72)63-60-57-54-51-48-45-24-21-18-15-12-9-6-3)77-71(74)65-62-59-56-53-50-47-44-42-39-30-28-26-23-20-17-14-11-8-5-2/h7,9-10,12,16-21,25-28,31-32,34-35,37-39,42,45,48,68H,4-6,8,11,13-15,22-24,29-30,33,36,40-41,43-44,46-47,49-67H2,1-3H3/b10-7-,12-9-,19-16-,20-17-,21-18-,27-25-,28-26-,32-31-,35-34-,38-37-,42-39-,48-45-. The van der Waals surface area contributed by atoms with E-state index in [9.17, 15) is 14.4 Å². The molecular weight excluding hydrogens is 949 g/mol. The summed E-state index contributed by atoms with van der Waals surface area (Å²) in [5.74, 6) is -0.955. The van der Waals surface area contributed by atoms with Crippen LogP contribution < -0.4 is 0 Å². The number of carbonyl (C=O) groups excluding carboxylic acids is 3. The largest absolute Gasteiger partial charge is 0.462 e. The molecule has 0 amide bonds. The monoisotopic (exact) mass is 1060 g/mol. The molecular formula is C71H114O6. The van der Waals surface area contributed by atoms with Gasteiger partial charge in [-0.3, -0.25) is 14.4 Å². The smallest absolute Gasteiger partial charge is 0.306 e. The summed E-state index contributed by atoms with van der Waals surface area (Å²) in [5, 5.41) is 0. The number of unbranched alkanes of at least 4 members (excludes halogenated alkanes) is 20. The van der Waals surface area contributed by atoms with Crippen LogP contribution in [0, 0.1) is 0 Å². The van der Waals surface area contributed by atoms with Gasteiger partial charge in [0.05, 0.1) is 0 Å². The third kappa shape index (κ3) is 62.0. The Balaban J connectivity index is 4.40. The molecule has 0 aromatic rings. The molecule has 0 spiro atoms. The van der Waals surface area contributed by atoms with Gasteiger partial charge in [0.25, 0.3) is 0 Å². The molecule has 0 N–H and O–H groups in total. The van der Waals surface area contributed by atoms with Crippen LogP contribution in [0.4, 0.5) is 0 Å². The summed E-state index contributed by atoms with van der Waals surface area (Å²) in [6.07, 6.45) is 91.3. The van der Waals surface area contributed by atoms with Crippen molar-refractivity contribution in [2.75, 3.05) is 13.2 Å². The first-order valence-electron chi connectivity index (χ1n) is 31.3. The van der Waals surface area contributed by atoms with E-state index >= 15 is 0 Å². The molecule has 0 heterocycles. The SMILES string of the molecule is CC/C=C\C/C=C\C/C=C\C/C=C\C/C=C\C/C=C\CCCCCCCCCCC(=O)OCC(COC(=O)CCCCC/C=C\C/C=C\C/C=C\CC)OC(=O)CCCCCCCC/C=C\C/C=C\C/C=C\CCCCC. The lowest BCUT2D eigenvalue weighted by Crippen LogP contribution is -2.30. The molecule has 6 nitrogen and oxygen atoms in total. The van der Waals surface area contributed by atoms with Crippen molar-refractivity contribution in [2.24, 2.45) is 0 Å². The molecule has 1 unspecified atom stereocenters. The zero-order valence-electron chi connectivity index (χ0n) is 49.7. The second kappa shape index (κ2) is 63.8. The van der Waals surface area contributed by atoms with Crippen molar-refractivity contribution >= 4 is 17.9 Å². The molecule has 0 aromatic carbocycles. The first-order chi connectivity index (χ1) is 38.0. The van der Waals surface area contributed by atoms with Gasteiger partial charge >= 0.3 is 17.9 Å². The van der Waals surface area contributed by atoms with Gasteiger partial charge in [0.15, 0.2) is 6.10 Å². The highest BCUT2D eigenvalue weighted by atomic mass is 16.6. The van der Waals surface area contributed by atoms with Crippen LogP contribution in [0.25, 0.3) is 0 Å². The first-order valence-corrected chi connectivity index (χ1v) is 31.3. The van der Waals surface area contributed by atoms with Crippen LogP contribution in [-0.4, -0.2) is 37.2 Å². The van der Waals surface area contributed by atoms with Gasteiger partial charge in [-0.05, 0) is 141 Å². The lowest BCUT2D eigenvalue weighted by molar-refractivity contribution is -0.167. The number of allylic oxidation sites excluding steroid dienone is 24. The average Bonchev–Trinajstić information content (AvgIpc) is 3.43. The Labute approximate surface area is 474 Å². The molecule has 434 valence electrons. The van der Waals surface area contributed by atoms with Crippen molar-refractivity contribution in [2.45, 2.75) is 271 Å². The Morgan fingerprint density at radius 3 is 0.805 bits per heavy atom. The number of esters is 3. The molecule has 0 bridgehead atoms. The van der Waals surface area contributed by atoms with E-state index in [0.29, 0.717) is 19.3 Å². The normalized spacial score (nSPS) is 13.1. The number of rotatable bonds is 55. The van der Waals surface area contributed by atoms with Crippen molar-refractivity contribution in [1.82, 2.24) is 0 Å². The Hall–Kier alpha value is -4.71. The van der Waals surface area contributed by atoms with E-state index < -0.39 is 6.10 Å². The molecule has 0 radical (unpaired) electrons. The summed E-state index contributed by atoms with van der Waals surface area (Å²) in [4.78, 5) is 38.3. The van der Waals surface area contributed by atoms with Gasteiger partial charge < -0.3 is 14.2 Å². The third-order valence-electron chi connectivity index (χ3n) is 12.8. The summed E-state index contributed by atoms with van der Waals surface area (Å²) in [6.45, 7) is 6.34. The maximum absolute atomic E-state index is 12.9. The highest BCUT2D eigenvalue weighted by Gasteiger charge is 2.19. The number of hydrogen-bond acceptors (Lipinski definition) is 6. The molecule has 6 heteroatoms. The minimum Gasteiger partial charge on any atom is -0.462 e. The third-order valence-corrected chi connectivity index (χ3v) is 12.8. The highest BCUT2D eigenvalue weighted by Crippen LogP contribution is 2.14. The van der Waals surface area contributed by atoms with Gasteiger partial charge in [-0.2, -0.15) is 0 Å². The number of ether oxygens (including phenoxy) is 3. The Morgan fingerprint density at radius 2 is 0.506 bits per heavy atom. The van der Waals surface area contributed by atoms with E-state index in [1.54, 1.807) is 0 Å². The van der Waals surface area contributed by atoms with Crippen LogP contribution in [0.2, 0.25) is 0 Å². The highest BCUT2D eigenvalue weighted by molar-refractivity contribution is 5.71. The van der Waals surface area contributed by atoms with Gasteiger partial charge in [0, 0.05) is 19.3 Å². The Morgan fingerprint density at radius 1 is 0.273 bits per heavy atom. The second-order valence-corrected chi connectivity index (χ2v) is 20.2. The van der Waals surface area contributed by atoms with Crippen LogP contribution >= 0.6 is 0 Å². The molecule has 0 rings (SSSR count). The summed E-state index contributed by atoms with van der Waals surface area (Å²) < 4.78 is 16.9. The summed E-state index contributed by atoms with van der Waals surface area (Å²) >= 11 is 0. The minimum absolute atomic E-state index is 0.103. The van der Waals surface area contributed by atoms with Crippen molar-refractivity contribution in [1.29, 1.82) is 0 Å².